The Kier molecular flexibility index (Phi) is 9.43. The van der Waals surface area contributed by atoms with Crippen LogP contribution in [0.15, 0.2) is 28.7 Å². The van der Waals surface area contributed by atoms with Gasteiger partial charge in [-0.05, 0) is 42.9 Å². The van der Waals surface area contributed by atoms with Crippen molar-refractivity contribution in [1.29, 1.82) is 0 Å². The molecule has 28 heavy (non-hydrogen) atoms. The fourth-order valence-electron chi connectivity index (χ4n) is 3.10. The van der Waals surface area contributed by atoms with Gasteiger partial charge in [0.2, 0.25) is 0 Å². The van der Waals surface area contributed by atoms with E-state index >= 15 is 0 Å². The molecule has 2 aromatic heterocycles. The van der Waals surface area contributed by atoms with Crippen molar-refractivity contribution in [2.75, 3.05) is 25.0 Å². The second-order valence-electron chi connectivity index (χ2n) is 7.17. The number of piperidine rings is 1. The summed E-state index contributed by atoms with van der Waals surface area (Å²) >= 11 is 1.69. The van der Waals surface area contributed by atoms with Crippen molar-refractivity contribution in [2.45, 2.75) is 52.1 Å². The molecule has 2 N–H and O–H groups in total. The number of pyridine rings is 1. The zero-order valence-corrected chi connectivity index (χ0v) is 20.1. The summed E-state index contributed by atoms with van der Waals surface area (Å²) in [6.07, 6.45) is 5.75. The molecular formula is C20H31IN6S. The van der Waals surface area contributed by atoms with E-state index in [1.54, 1.807) is 18.4 Å². The van der Waals surface area contributed by atoms with E-state index in [0.717, 1.165) is 42.1 Å². The predicted octanol–water partition coefficient (Wildman–Crippen LogP) is 4.14. The molecule has 0 bridgehead atoms. The van der Waals surface area contributed by atoms with Crippen LogP contribution in [0.1, 0.15) is 55.3 Å². The average Bonchev–Trinajstić information content (AvgIpc) is 3.18. The third-order valence-corrected chi connectivity index (χ3v) is 5.61. The SMILES string of the molecule is CN=C(NCc1ccnc(N2CCCCC2)c1)NCc1nc(C(C)C)cs1.I. The lowest BCUT2D eigenvalue weighted by Crippen LogP contribution is -2.36. The molecule has 0 unspecified atom stereocenters. The van der Waals surface area contributed by atoms with Crippen molar-refractivity contribution in [3.8, 4) is 0 Å². The zero-order valence-electron chi connectivity index (χ0n) is 16.9. The summed E-state index contributed by atoms with van der Waals surface area (Å²) in [4.78, 5) is 15.9. The first-order valence-electron chi connectivity index (χ1n) is 9.74. The van der Waals surface area contributed by atoms with Crippen LogP contribution in [0.5, 0.6) is 0 Å². The maximum atomic E-state index is 4.66. The first-order chi connectivity index (χ1) is 13.2. The molecule has 0 aliphatic carbocycles. The average molecular weight is 514 g/mol. The van der Waals surface area contributed by atoms with Crippen molar-refractivity contribution in [3.05, 3.63) is 40.0 Å². The second kappa shape index (κ2) is 11.5. The van der Waals surface area contributed by atoms with Gasteiger partial charge in [-0.2, -0.15) is 0 Å². The van der Waals surface area contributed by atoms with E-state index < -0.39 is 0 Å². The Morgan fingerprint density at radius 1 is 1.21 bits per heavy atom. The van der Waals surface area contributed by atoms with Crippen LogP contribution in [0.25, 0.3) is 0 Å². The third kappa shape index (κ3) is 6.58. The number of nitrogens with zero attached hydrogens (tertiary/aromatic N) is 4. The van der Waals surface area contributed by atoms with E-state index in [4.69, 9.17) is 0 Å². The van der Waals surface area contributed by atoms with Crippen LogP contribution >= 0.6 is 35.3 Å². The van der Waals surface area contributed by atoms with Gasteiger partial charge in [-0.15, -0.1) is 35.3 Å². The lowest BCUT2D eigenvalue weighted by molar-refractivity contribution is 0.573. The molecule has 8 heteroatoms. The molecule has 0 atom stereocenters. The maximum absolute atomic E-state index is 4.66. The van der Waals surface area contributed by atoms with Crippen LogP contribution in [0, 0.1) is 0 Å². The van der Waals surface area contributed by atoms with E-state index in [9.17, 15) is 0 Å². The molecule has 1 fully saturated rings. The van der Waals surface area contributed by atoms with Crippen LogP contribution < -0.4 is 15.5 Å². The Bertz CT molecular complexity index is 755. The van der Waals surface area contributed by atoms with Gasteiger partial charge in [0.1, 0.15) is 10.8 Å². The summed E-state index contributed by atoms with van der Waals surface area (Å²) in [6, 6.07) is 4.24. The highest BCUT2D eigenvalue weighted by Gasteiger charge is 2.12. The maximum Gasteiger partial charge on any atom is 0.191 e. The topological polar surface area (TPSA) is 65.4 Å². The van der Waals surface area contributed by atoms with Crippen LogP contribution in [0.2, 0.25) is 0 Å². The molecule has 0 aromatic carbocycles. The predicted molar refractivity (Wildman–Crippen MR) is 129 cm³/mol. The Morgan fingerprint density at radius 2 is 1.96 bits per heavy atom. The fourth-order valence-corrected chi connectivity index (χ4v) is 4.00. The van der Waals surface area contributed by atoms with Crippen molar-refractivity contribution in [2.24, 2.45) is 4.99 Å². The van der Waals surface area contributed by atoms with E-state index in [-0.39, 0.29) is 24.0 Å². The van der Waals surface area contributed by atoms with Gasteiger partial charge in [-0.3, -0.25) is 4.99 Å². The molecule has 154 valence electrons. The minimum absolute atomic E-state index is 0. The van der Waals surface area contributed by atoms with Gasteiger partial charge >= 0.3 is 0 Å². The number of hydrogen-bond acceptors (Lipinski definition) is 5. The highest BCUT2D eigenvalue weighted by atomic mass is 127. The normalized spacial score (nSPS) is 14.7. The summed E-state index contributed by atoms with van der Waals surface area (Å²) in [7, 11) is 1.79. The molecule has 1 aliphatic heterocycles. The van der Waals surface area contributed by atoms with E-state index in [1.165, 1.54) is 24.8 Å². The summed E-state index contributed by atoms with van der Waals surface area (Å²) in [5, 5.41) is 9.95. The summed E-state index contributed by atoms with van der Waals surface area (Å²) in [6.45, 7) is 7.96. The van der Waals surface area contributed by atoms with Gasteiger partial charge in [-0.1, -0.05) is 13.8 Å². The Morgan fingerprint density at radius 3 is 2.64 bits per heavy atom. The van der Waals surface area contributed by atoms with Crippen LogP contribution in [-0.4, -0.2) is 36.1 Å². The van der Waals surface area contributed by atoms with Crippen LogP contribution in [-0.2, 0) is 13.1 Å². The Hall–Kier alpha value is -1.42. The largest absolute Gasteiger partial charge is 0.357 e. The number of halogens is 1. The molecule has 0 amide bonds. The monoisotopic (exact) mass is 514 g/mol. The Balaban J connectivity index is 0.00000280. The number of hydrogen-bond donors (Lipinski definition) is 2. The quantitative estimate of drug-likeness (QED) is 0.345. The van der Waals surface area contributed by atoms with E-state index in [1.807, 2.05) is 6.20 Å². The van der Waals surface area contributed by atoms with Crippen molar-refractivity contribution in [3.63, 3.8) is 0 Å². The van der Waals surface area contributed by atoms with Crippen LogP contribution in [0.3, 0.4) is 0 Å². The number of thiazole rings is 1. The summed E-state index contributed by atoms with van der Waals surface area (Å²) in [5.74, 6) is 2.34. The molecule has 3 rings (SSSR count). The van der Waals surface area contributed by atoms with Crippen molar-refractivity contribution >= 4 is 47.1 Å². The third-order valence-electron chi connectivity index (χ3n) is 4.74. The molecule has 2 aromatic rings. The van der Waals surface area contributed by atoms with Crippen LogP contribution in [0.4, 0.5) is 5.82 Å². The van der Waals surface area contributed by atoms with Gasteiger partial charge in [0.25, 0.3) is 0 Å². The molecular weight excluding hydrogens is 483 g/mol. The zero-order chi connectivity index (χ0) is 19.1. The summed E-state index contributed by atoms with van der Waals surface area (Å²) < 4.78 is 0. The van der Waals surface area contributed by atoms with Gasteiger partial charge in [0.15, 0.2) is 5.96 Å². The van der Waals surface area contributed by atoms with Crippen molar-refractivity contribution in [1.82, 2.24) is 20.6 Å². The molecule has 0 spiro atoms. The molecule has 0 saturated carbocycles. The first kappa shape index (κ1) is 22.9. The number of aromatic nitrogens is 2. The van der Waals surface area contributed by atoms with Crippen molar-refractivity contribution < 1.29 is 0 Å². The Labute approximate surface area is 189 Å². The molecule has 3 heterocycles. The highest BCUT2D eigenvalue weighted by molar-refractivity contribution is 14.0. The lowest BCUT2D eigenvalue weighted by Gasteiger charge is -2.28. The second-order valence-corrected chi connectivity index (χ2v) is 8.11. The van der Waals surface area contributed by atoms with Gasteiger partial charge < -0.3 is 15.5 Å². The molecule has 1 aliphatic rings. The smallest absolute Gasteiger partial charge is 0.191 e. The van der Waals surface area contributed by atoms with E-state index in [2.05, 4.69) is 61.9 Å². The summed E-state index contributed by atoms with van der Waals surface area (Å²) in [5.41, 5.74) is 2.37. The number of anilines is 1. The standard InChI is InChI=1S/C20H30N6S.HI/c1-15(2)17-14-27-19(25-17)13-24-20(21-3)23-12-16-7-8-22-18(11-16)26-9-5-4-6-10-26;/h7-8,11,14-15H,4-6,9-10,12-13H2,1-3H3,(H2,21,23,24);1H. The number of aliphatic imine (C=N–C) groups is 1. The van der Waals surface area contributed by atoms with E-state index in [0.29, 0.717) is 12.5 Å². The lowest BCUT2D eigenvalue weighted by atomic mass is 10.1. The first-order valence-corrected chi connectivity index (χ1v) is 10.6. The van der Waals surface area contributed by atoms with Gasteiger partial charge in [0.05, 0.1) is 12.2 Å². The number of guanidine groups is 1. The van der Waals surface area contributed by atoms with Gasteiger partial charge in [-0.25, -0.2) is 9.97 Å². The number of rotatable bonds is 6. The molecule has 1 saturated heterocycles. The molecule has 0 radical (unpaired) electrons. The highest BCUT2D eigenvalue weighted by Crippen LogP contribution is 2.19. The fraction of sp³-hybridized carbons (Fsp3) is 0.550. The van der Waals surface area contributed by atoms with Gasteiger partial charge in [0, 0.05) is 38.3 Å². The molecule has 6 nitrogen and oxygen atoms in total. The minimum atomic E-state index is 0. The number of nitrogens with one attached hydrogen (secondary N) is 2. The minimum Gasteiger partial charge on any atom is -0.357 e.